The number of Topliss-reactive ketones (excluding diaryl/α,β-unsaturated/α-hetero) is 1. The Labute approximate surface area is 152 Å². The van der Waals surface area contributed by atoms with Crippen molar-refractivity contribution in [3.63, 3.8) is 0 Å². The Bertz CT molecular complexity index is 731. The van der Waals surface area contributed by atoms with Crippen molar-refractivity contribution in [2.24, 2.45) is 0 Å². The van der Waals surface area contributed by atoms with E-state index in [-0.39, 0.29) is 43.5 Å². The van der Waals surface area contributed by atoms with Gasteiger partial charge in [-0.1, -0.05) is 6.07 Å². The molecule has 1 amide bonds. The first-order chi connectivity index (χ1) is 12.6. The summed E-state index contributed by atoms with van der Waals surface area (Å²) < 4.78 is 23.6. The van der Waals surface area contributed by atoms with Crippen molar-refractivity contribution in [3.8, 4) is 11.5 Å². The topological polar surface area (TPSA) is 64.6 Å². The maximum atomic E-state index is 13.0. The molecule has 5 nitrogen and oxygen atoms in total. The van der Waals surface area contributed by atoms with Crippen LogP contribution in [0.2, 0.25) is 0 Å². The Morgan fingerprint density at radius 2 is 1.77 bits per heavy atom. The Morgan fingerprint density at radius 3 is 2.46 bits per heavy atom. The molecule has 2 aromatic carbocycles. The van der Waals surface area contributed by atoms with E-state index in [4.69, 9.17) is 9.47 Å². The molecule has 0 unspecified atom stereocenters. The number of benzene rings is 2. The molecule has 0 aliphatic heterocycles. The molecule has 0 heterocycles. The molecule has 0 saturated heterocycles. The summed E-state index contributed by atoms with van der Waals surface area (Å²) in [4.78, 5) is 23.9. The minimum atomic E-state index is -0.376. The SMILES string of the molecule is CCOc1ccc(C(=O)CCC(=O)NCCOc2cccc(F)c2)cc1. The van der Waals surface area contributed by atoms with Crippen LogP contribution < -0.4 is 14.8 Å². The van der Waals surface area contributed by atoms with Crippen LogP contribution in [0.25, 0.3) is 0 Å². The molecule has 6 heteroatoms. The van der Waals surface area contributed by atoms with Gasteiger partial charge in [0.05, 0.1) is 13.2 Å². The minimum absolute atomic E-state index is 0.0980. The zero-order chi connectivity index (χ0) is 18.8. The highest BCUT2D eigenvalue weighted by molar-refractivity contribution is 5.98. The Hall–Kier alpha value is -2.89. The summed E-state index contributed by atoms with van der Waals surface area (Å²) in [6.07, 6.45) is 0.233. The van der Waals surface area contributed by atoms with Gasteiger partial charge in [-0.15, -0.1) is 0 Å². The van der Waals surface area contributed by atoms with Crippen LogP contribution in [-0.2, 0) is 4.79 Å². The van der Waals surface area contributed by atoms with Crippen LogP contribution in [0.4, 0.5) is 4.39 Å². The molecule has 2 rings (SSSR count). The molecule has 138 valence electrons. The van der Waals surface area contributed by atoms with Gasteiger partial charge < -0.3 is 14.8 Å². The standard InChI is InChI=1S/C20H22FNO4/c1-2-25-17-8-6-15(7-9-17)19(23)10-11-20(24)22-12-13-26-18-5-3-4-16(21)14-18/h3-9,14H,2,10-13H2,1H3,(H,22,24). The number of amides is 1. The lowest BCUT2D eigenvalue weighted by molar-refractivity contribution is -0.121. The lowest BCUT2D eigenvalue weighted by Gasteiger charge is -2.08. The van der Waals surface area contributed by atoms with E-state index in [1.165, 1.54) is 12.1 Å². The molecule has 0 aliphatic rings. The van der Waals surface area contributed by atoms with Crippen molar-refractivity contribution in [1.29, 1.82) is 0 Å². The molecule has 0 fully saturated rings. The number of carbonyl (C=O) groups is 2. The molecule has 0 aliphatic carbocycles. The van der Waals surface area contributed by atoms with Crippen LogP contribution in [0.5, 0.6) is 11.5 Å². The van der Waals surface area contributed by atoms with Crippen molar-refractivity contribution in [2.75, 3.05) is 19.8 Å². The van der Waals surface area contributed by atoms with Gasteiger partial charge in [-0.2, -0.15) is 0 Å². The summed E-state index contributed by atoms with van der Waals surface area (Å²) >= 11 is 0. The summed E-state index contributed by atoms with van der Waals surface area (Å²) in [7, 11) is 0. The second-order valence-electron chi connectivity index (χ2n) is 5.54. The van der Waals surface area contributed by atoms with Crippen molar-refractivity contribution in [3.05, 3.63) is 59.9 Å². The first-order valence-corrected chi connectivity index (χ1v) is 8.49. The van der Waals surface area contributed by atoms with E-state index in [9.17, 15) is 14.0 Å². The van der Waals surface area contributed by atoms with Gasteiger partial charge in [-0.05, 0) is 43.3 Å². The Kier molecular flexibility index (Phi) is 7.61. The van der Waals surface area contributed by atoms with E-state index in [2.05, 4.69) is 5.32 Å². The van der Waals surface area contributed by atoms with E-state index in [0.717, 1.165) is 0 Å². The predicted octanol–water partition coefficient (Wildman–Crippen LogP) is 3.38. The van der Waals surface area contributed by atoms with Crippen LogP contribution in [0.15, 0.2) is 48.5 Å². The Morgan fingerprint density at radius 1 is 1.00 bits per heavy atom. The number of nitrogens with one attached hydrogen (secondary N) is 1. The maximum absolute atomic E-state index is 13.0. The summed E-state index contributed by atoms with van der Waals surface area (Å²) in [5.41, 5.74) is 0.552. The monoisotopic (exact) mass is 359 g/mol. The molecule has 1 N–H and O–H groups in total. The third-order valence-electron chi connectivity index (χ3n) is 3.56. The molecule has 0 saturated carbocycles. The highest BCUT2D eigenvalue weighted by Crippen LogP contribution is 2.14. The van der Waals surface area contributed by atoms with Crippen LogP contribution >= 0.6 is 0 Å². The maximum Gasteiger partial charge on any atom is 0.220 e. The van der Waals surface area contributed by atoms with Gasteiger partial charge in [-0.25, -0.2) is 4.39 Å². The average Bonchev–Trinajstić information content (AvgIpc) is 2.64. The van der Waals surface area contributed by atoms with Gasteiger partial charge in [0, 0.05) is 24.5 Å². The molecule has 26 heavy (non-hydrogen) atoms. The van der Waals surface area contributed by atoms with Crippen LogP contribution in [-0.4, -0.2) is 31.4 Å². The highest BCUT2D eigenvalue weighted by atomic mass is 19.1. The third kappa shape index (κ3) is 6.55. The lowest BCUT2D eigenvalue weighted by atomic mass is 10.1. The van der Waals surface area contributed by atoms with Crippen molar-refractivity contribution < 1.29 is 23.5 Å². The van der Waals surface area contributed by atoms with Crippen molar-refractivity contribution in [2.45, 2.75) is 19.8 Å². The summed E-state index contributed by atoms with van der Waals surface area (Å²) in [6, 6.07) is 12.7. The van der Waals surface area contributed by atoms with Crippen LogP contribution in [0.1, 0.15) is 30.1 Å². The fourth-order valence-corrected chi connectivity index (χ4v) is 2.28. The smallest absolute Gasteiger partial charge is 0.220 e. The molecule has 0 bridgehead atoms. The van der Waals surface area contributed by atoms with E-state index >= 15 is 0 Å². The van der Waals surface area contributed by atoms with E-state index in [0.29, 0.717) is 23.7 Å². The molecule has 0 atom stereocenters. The van der Waals surface area contributed by atoms with E-state index in [1.807, 2.05) is 6.92 Å². The molecular weight excluding hydrogens is 337 g/mol. The molecule has 2 aromatic rings. The number of hydrogen-bond donors (Lipinski definition) is 1. The van der Waals surface area contributed by atoms with Crippen molar-refractivity contribution >= 4 is 11.7 Å². The van der Waals surface area contributed by atoms with Gasteiger partial charge in [0.25, 0.3) is 0 Å². The first-order valence-electron chi connectivity index (χ1n) is 8.49. The van der Waals surface area contributed by atoms with Gasteiger partial charge >= 0.3 is 0 Å². The number of ketones is 1. The molecule has 0 spiro atoms. The number of carbonyl (C=O) groups excluding carboxylic acids is 2. The van der Waals surface area contributed by atoms with Gasteiger partial charge in [0.2, 0.25) is 5.91 Å². The van der Waals surface area contributed by atoms with E-state index in [1.54, 1.807) is 36.4 Å². The quantitative estimate of drug-likeness (QED) is 0.522. The van der Waals surface area contributed by atoms with E-state index < -0.39 is 0 Å². The van der Waals surface area contributed by atoms with Gasteiger partial charge in [0.1, 0.15) is 23.9 Å². The molecule has 0 aromatic heterocycles. The van der Waals surface area contributed by atoms with Gasteiger partial charge in [0.15, 0.2) is 5.78 Å². The normalized spacial score (nSPS) is 10.2. The lowest BCUT2D eigenvalue weighted by Crippen LogP contribution is -2.28. The van der Waals surface area contributed by atoms with Crippen LogP contribution in [0.3, 0.4) is 0 Å². The third-order valence-corrected chi connectivity index (χ3v) is 3.56. The second-order valence-corrected chi connectivity index (χ2v) is 5.54. The molecular formula is C20H22FNO4. The predicted molar refractivity (Wildman–Crippen MR) is 96.1 cm³/mol. The zero-order valence-electron chi connectivity index (χ0n) is 14.7. The number of halogens is 1. The summed E-state index contributed by atoms with van der Waals surface area (Å²) in [5.74, 6) is 0.413. The minimum Gasteiger partial charge on any atom is -0.494 e. The summed E-state index contributed by atoms with van der Waals surface area (Å²) in [5, 5.41) is 2.67. The first kappa shape index (κ1) is 19.4. The second kappa shape index (κ2) is 10.2. The Balaban J connectivity index is 1.65. The average molecular weight is 359 g/mol. The largest absolute Gasteiger partial charge is 0.494 e. The fourth-order valence-electron chi connectivity index (χ4n) is 2.28. The van der Waals surface area contributed by atoms with Crippen LogP contribution in [0, 0.1) is 5.82 Å². The molecule has 0 radical (unpaired) electrons. The summed E-state index contributed by atoms with van der Waals surface area (Å²) in [6.45, 7) is 2.96. The number of rotatable bonds is 10. The fraction of sp³-hybridized carbons (Fsp3) is 0.300. The number of hydrogen-bond acceptors (Lipinski definition) is 4. The number of ether oxygens (including phenoxy) is 2. The van der Waals surface area contributed by atoms with Gasteiger partial charge in [-0.3, -0.25) is 9.59 Å². The van der Waals surface area contributed by atoms with Crippen molar-refractivity contribution in [1.82, 2.24) is 5.32 Å². The highest BCUT2D eigenvalue weighted by Gasteiger charge is 2.09. The zero-order valence-corrected chi connectivity index (χ0v) is 14.7.